The molecule has 11 heavy (non-hydrogen) atoms. The summed E-state index contributed by atoms with van der Waals surface area (Å²) in [6, 6.07) is 2.84. The van der Waals surface area contributed by atoms with E-state index in [0.717, 1.165) is 0 Å². The maximum absolute atomic E-state index is 12.4. The first-order valence-electron chi connectivity index (χ1n) is 3.08. The second-order valence-electron chi connectivity index (χ2n) is 1.98. The first kappa shape index (κ1) is 7.65. The summed E-state index contributed by atoms with van der Waals surface area (Å²) in [5.41, 5.74) is 5.97. The lowest BCUT2D eigenvalue weighted by molar-refractivity contribution is 0.583. The minimum atomic E-state index is -0.547. The van der Waals surface area contributed by atoms with Crippen molar-refractivity contribution in [2.45, 2.75) is 0 Å². The highest BCUT2D eigenvalue weighted by Crippen LogP contribution is 1.98. The van der Waals surface area contributed by atoms with Gasteiger partial charge in [0.1, 0.15) is 5.84 Å². The summed E-state index contributed by atoms with van der Waals surface area (Å²) in [5.74, 6) is -0.236. The number of aromatic nitrogens is 1. The van der Waals surface area contributed by atoms with E-state index in [-0.39, 0.29) is 0 Å². The summed E-state index contributed by atoms with van der Waals surface area (Å²) in [4.78, 5) is 7.08. The lowest BCUT2D eigenvalue weighted by atomic mass is 10.2. The number of hydrogen-bond donors (Lipinski definition) is 1. The van der Waals surface area contributed by atoms with Crippen LogP contribution in [0.15, 0.2) is 23.3 Å². The van der Waals surface area contributed by atoms with Crippen molar-refractivity contribution >= 4 is 5.84 Å². The van der Waals surface area contributed by atoms with E-state index >= 15 is 0 Å². The van der Waals surface area contributed by atoms with Crippen LogP contribution in [-0.2, 0) is 0 Å². The SMILES string of the molecule is CN=C(N)c1ccnc(F)c1. The molecule has 58 valence electrons. The minimum absolute atomic E-state index is 0.311. The maximum atomic E-state index is 12.4. The molecular formula is C7H8FN3. The number of rotatable bonds is 1. The van der Waals surface area contributed by atoms with Gasteiger partial charge < -0.3 is 5.73 Å². The van der Waals surface area contributed by atoms with Gasteiger partial charge in [-0.3, -0.25) is 4.99 Å². The van der Waals surface area contributed by atoms with Crippen LogP contribution >= 0.6 is 0 Å². The van der Waals surface area contributed by atoms with Gasteiger partial charge in [0, 0.05) is 24.9 Å². The van der Waals surface area contributed by atoms with Gasteiger partial charge in [-0.2, -0.15) is 4.39 Å². The number of hydrogen-bond acceptors (Lipinski definition) is 2. The third-order valence-electron chi connectivity index (χ3n) is 1.26. The molecule has 0 unspecified atom stereocenters. The Morgan fingerprint density at radius 2 is 2.45 bits per heavy atom. The largest absolute Gasteiger partial charge is 0.384 e. The van der Waals surface area contributed by atoms with Crippen molar-refractivity contribution in [3.63, 3.8) is 0 Å². The number of halogens is 1. The number of nitrogens with two attached hydrogens (primary N) is 1. The van der Waals surface area contributed by atoms with Crippen LogP contribution in [0.1, 0.15) is 5.56 Å². The van der Waals surface area contributed by atoms with Crippen molar-refractivity contribution < 1.29 is 4.39 Å². The standard InChI is InChI=1S/C7H8FN3/c1-10-7(9)5-2-3-11-6(8)4-5/h2-4H,1H3,(H2,9,10). The first-order chi connectivity index (χ1) is 5.24. The van der Waals surface area contributed by atoms with Gasteiger partial charge in [-0.15, -0.1) is 0 Å². The van der Waals surface area contributed by atoms with E-state index in [0.29, 0.717) is 11.4 Å². The van der Waals surface area contributed by atoms with E-state index in [2.05, 4.69) is 9.98 Å². The van der Waals surface area contributed by atoms with Crippen LogP contribution < -0.4 is 5.73 Å². The van der Waals surface area contributed by atoms with Gasteiger partial charge in [0.2, 0.25) is 5.95 Å². The van der Waals surface area contributed by atoms with Crippen LogP contribution in [0, 0.1) is 5.95 Å². The Hall–Kier alpha value is -1.45. The molecule has 0 aliphatic heterocycles. The van der Waals surface area contributed by atoms with Crippen molar-refractivity contribution in [2.24, 2.45) is 10.7 Å². The molecule has 4 heteroatoms. The van der Waals surface area contributed by atoms with Gasteiger partial charge in [-0.25, -0.2) is 4.98 Å². The van der Waals surface area contributed by atoms with E-state index in [4.69, 9.17) is 5.73 Å². The van der Waals surface area contributed by atoms with Crippen LogP contribution in [0.3, 0.4) is 0 Å². The molecule has 0 saturated carbocycles. The molecule has 2 N–H and O–H groups in total. The normalized spacial score (nSPS) is 11.6. The molecule has 0 spiro atoms. The summed E-state index contributed by atoms with van der Waals surface area (Å²) >= 11 is 0. The maximum Gasteiger partial charge on any atom is 0.213 e. The average molecular weight is 153 g/mol. The highest BCUT2D eigenvalue weighted by atomic mass is 19.1. The molecule has 0 atom stereocenters. The first-order valence-corrected chi connectivity index (χ1v) is 3.08. The number of amidine groups is 1. The molecule has 1 aromatic heterocycles. The monoisotopic (exact) mass is 153 g/mol. The van der Waals surface area contributed by atoms with Gasteiger partial charge >= 0.3 is 0 Å². The number of nitrogens with zero attached hydrogens (tertiary/aromatic N) is 2. The van der Waals surface area contributed by atoms with Crippen molar-refractivity contribution in [1.82, 2.24) is 4.98 Å². The van der Waals surface area contributed by atoms with E-state index in [1.165, 1.54) is 12.3 Å². The van der Waals surface area contributed by atoms with Gasteiger partial charge in [0.25, 0.3) is 0 Å². The van der Waals surface area contributed by atoms with Gasteiger partial charge in [0.15, 0.2) is 0 Å². The summed E-state index contributed by atoms with van der Waals surface area (Å²) in [7, 11) is 1.55. The Kier molecular flexibility index (Phi) is 2.15. The summed E-state index contributed by atoms with van der Waals surface area (Å²) in [6.07, 6.45) is 1.35. The zero-order chi connectivity index (χ0) is 8.27. The lowest BCUT2D eigenvalue weighted by Crippen LogP contribution is -2.13. The molecule has 0 aliphatic rings. The second kappa shape index (κ2) is 3.09. The Bertz CT molecular complexity index is 283. The average Bonchev–Trinajstić information content (AvgIpc) is 2.03. The third-order valence-corrected chi connectivity index (χ3v) is 1.26. The van der Waals surface area contributed by atoms with Gasteiger partial charge in [-0.05, 0) is 6.07 Å². The summed E-state index contributed by atoms with van der Waals surface area (Å²) < 4.78 is 12.4. The van der Waals surface area contributed by atoms with E-state index in [9.17, 15) is 4.39 Å². The zero-order valence-electron chi connectivity index (χ0n) is 6.08. The summed E-state index contributed by atoms with van der Waals surface area (Å²) in [6.45, 7) is 0. The van der Waals surface area contributed by atoms with Crippen molar-refractivity contribution in [1.29, 1.82) is 0 Å². The molecule has 0 saturated heterocycles. The molecular weight excluding hydrogens is 145 g/mol. The Morgan fingerprint density at radius 1 is 1.73 bits per heavy atom. The smallest absolute Gasteiger partial charge is 0.213 e. The van der Waals surface area contributed by atoms with Crippen LogP contribution in [0.4, 0.5) is 4.39 Å². The fourth-order valence-electron chi connectivity index (χ4n) is 0.691. The van der Waals surface area contributed by atoms with Crippen molar-refractivity contribution in [3.05, 3.63) is 29.8 Å². The molecule has 0 aromatic carbocycles. The number of pyridine rings is 1. The molecule has 0 fully saturated rings. The molecule has 1 aromatic rings. The molecule has 1 rings (SSSR count). The van der Waals surface area contributed by atoms with Gasteiger partial charge in [0.05, 0.1) is 0 Å². The van der Waals surface area contributed by atoms with E-state index < -0.39 is 5.95 Å². The number of aliphatic imine (C=N–C) groups is 1. The highest BCUT2D eigenvalue weighted by molar-refractivity contribution is 5.97. The fourth-order valence-corrected chi connectivity index (χ4v) is 0.691. The Morgan fingerprint density at radius 3 is 3.00 bits per heavy atom. The topological polar surface area (TPSA) is 51.3 Å². The van der Waals surface area contributed by atoms with Crippen LogP contribution in [0.2, 0.25) is 0 Å². The molecule has 0 radical (unpaired) electrons. The van der Waals surface area contributed by atoms with Crippen LogP contribution in [0.25, 0.3) is 0 Å². The second-order valence-corrected chi connectivity index (χ2v) is 1.98. The van der Waals surface area contributed by atoms with E-state index in [1.54, 1.807) is 13.1 Å². The molecule has 1 heterocycles. The van der Waals surface area contributed by atoms with Crippen molar-refractivity contribution in [2.75, 3.05) is 7.05 Å². The van der Waals surface area contributed by atoms with E-state index in [1.807, 2.05) is 0 Å². The lowest BCUT2D eigenvalue weighted by Gasteiger charge is -1.97. The van der Waals surface area contributed by atoms with Crippen molar-refractivity contribution in [3.8, 4) is 0 Å². The van der Waals surface area contributed by atoms with Crippen LogP contribution in [0.5, 0.6) is 0 Å². The minimum Gasteiger partial charge on any atom is -0.384 e. The fraction of sp³-hybridized carbons (Fsp3) is 0.143. The molecule has 0 aliphatic carbocycles. The zero-order valence-corrected chi connectivity index (χ0v) is 6.08. The Labute approximate surface area is 63.8 Å². The van der Waals surface area contributed by atoms with Gasteiger partial charge in [-0.1, -0.05) is 0 Å². The summed E-state index contributed by atoms with van der Waals surface area (Å²) in [5, 5.41) is 0. The quantitative estimate of drug-likeness (QED) is 0.364. The molecule has 3 nitrogen and oxygen atoms in total. The molecule has 0 bridgehead atoms. The van der Waals surface area contributed by atoms with Crippen LogP contribution in [-0.4, -0.2) is 17.9 Å². The predicted molar refractivity (Wildman–Crippen MR) is 40.8 cm³/mol. The third kappa shape index (κ3) is 1.73. The molecule has 0 amide bonds. The highest BCUT2D eigenvalue weighted by Gasteiger charge is 1.97. The Balaban J connectivity index is 3.06. The predicted octanol–water partition coefficient (Wildman–Crippen LogP) is 0.556.